The minimum absolute atomic E-state index is 0.0819. The van der Waals surface area contributed by atoms with Gasteiger partial charge >= 0.3 is 6.18 Å². The lowest BCUT2D eigenvalue weighted by Gasteiger charge is -2.19. The van der Waals surface area contributed by atoms with Gasteiger partial charge < -0.3 is 4.90 Å². The van der Waals surface area contributed by atoms with E-state index in [0.29, 0.717) is 34.6 Å². The number of carbonyl (C=O) groups is 1. The molecule has 4 rings (SSSR count). The van der Waals surface area contributed by atoms with Gasteiger partial charge in [-0.3, -0.25) is 4.79 Å². The summed E-state index contributed by atoms with van der Waals surface area (Å²) >= 11 is 0. The van der Waals surface area contributed by atoms with Gasteiger partial charge in [-0.05, 0) is 48.4 Å². The zero-order chi connectivity index (χ0) is 23.5. The van der Waals surface area contributed by atoms with E-state index in [4.69, 9.17) is 0 Å². The predicted octanol–water partition coefficient (Wildman–Crippen LogP) is 6.05. The molecule has 1 aromatic heterocycles. The monoisotopic (exact) mass is 445 g/mol. The van der Waals surface area contributed by atoms with E-state index in [1.807, 2.05) is 20.8 Å². The van der Waals surface area contributed by atoms with Crippen LogP contribution in [0.2, 0.25) is 0 Å². The van der Waals surface area contributed by atoms with Gasteiger partial charge in [-0.15, -0.1) is 0 Å². The SMILES string of the molecule is CC.CCc1ccc(C(F)(F)F)c(C(=O)N2Cc3cnc(-c4ccc(F)cc4)nc3C2)c1. The van der Waals surface area contributed by atoms with Crippen LogP contribution in [0, 0.1) is 5.82 Å². The minimum Gasteiger partial charge on any atom is -0.328 e. The largest absolute Gasteiger partial charge is 0.417 e. The molecule has 0 saturated heterocycles. The molecule has 32 heavy (non-hydrogen) atoms. The summed E-state index contributed by atoms with van der Waals surface area (Å²) in [5, 5.41) is 0. The number of amides is 1. The molecule has 1 amide bonds. The van der Waals surface area contributed by atoms with Crippen molar-refractivity contribution in [2.24, 2.45) is 0 Å². The Labute approximate surface area is 183 Å². The molecule has 1 aliphatic rings. The van der Waals surface area contributed by atoms with Crippen molar-refractivity contribution in [1.29, 1.82) is 0 Å². The number of aryl methyl sites for hydroxylation is 1. The van der Waals surface area contributed by atoms with Crippen LogP contribution in [0.4, 0.5) is 17.6 Å². The maximum absolute atomic E-state index is 13.4. The molecule has 1 aliphatic heterocycles. The Morgan fingerprint density at radius 2 is 1.75 bits per heavy atom. The van der Waals surface area contributed by atoms with Crippen LogP contribution in [0.3, 0.4) is 0 Å². The number of benzene rings is 2. The maximum atomic E-state index is 13.4. The van der Waals surface area contributed by atoms with Crippen LogP contribution < -0.4 is 0 Å². The molecule has 4 nitrogen and oxygen atoms in total. The van der Waals surface area contributed by atoms with Crippen LogP contribution in [-0.2, 0) is 25.7 Å². The molecule has 2 heterocycles. The molecule has 8 heteroatoms. The lowest BCUT2D eigenvalue weighted by Crippen LogP contribution is -2.28. The summed E-state index contributed by atoms with van der Waals surface area (Å²) in [5.74, 6) is -0.711. The fourth-order valence-electron chi connectivity index (χ4n) is 3.44. The summed E-state index contributed by atoms with van der Waals surface area (Å²) in [4.78, 5) is 23.0. The molecular weight excluding hydrogens is 422 g/mol. The Morgan fingerprint density at radius 3 is 2.38 bits per heavy atom. The Balaban J connectivity index is 0.00000141. The normalized spacial score (nSPS) is 12.8. The van der Waals surface area contributed by atoms with Gasteiger partial charge in [-0.2, -0.15) is 13.2 Å². The Bertz CT molecular complexity index is 1110. The van der Waals surface area contributed by atoms with Crippen molar-refractivity contribution in [3.05, 3.63) is 82.4 Å². The quantitative estimate of drug-likeness (QED) is 0.462. The van der Waals surface area contributed by atoms with Crippen molar-refractivity contribution >= 4 is 5.91 Å². The predicted molar refractivity (Wildman–Crippen MR) is 113 cm³/mol. The number of hydrogen-bond acceptors (Lipinski definition) is 3. The van der Waals surface area contributed by atoms with Gasteiger partial charge in [0.1, 0.15) is 5.82 Å². The summed E-state index contributed by atoms with van der Waals surface area (Å²) in [6.45, 7) is 6.03. The molecule has 0 radical (unpaired) electrons. The third-order valence-corrected chi connectivity index (χ3v) is 5.07. The fourth-order valence-corrected chi connectivity index (χ4v) is 3.44. The third-order valence-electron chi connectivity index (χ3n) is 5.07. The summed E-state index contributed by atoms with van der Waals surface area (Å²) in [7, 11) is 0. The molecule has 2 aromatic carbocycles. The highest BCUT2D eigenvalue weighted by molar-refractivity contribution is 5.96. The average Bonchev–Trinajstić information content (AvgIpc) is 3.23. The molecule has 3 aromatic rings. The van der Waals surface area contributed by atoms with E-state index in [1.165, 1.54) is 29.2 Å². The first-order valence-corrected chi connectivity index (χ1v) is 10.4. The Morgan fingerprint density at radius 1 is 1.06 bits per heavy atom. The van der Waals surface area contributed by atoms with Gasteiger partial charge in [-0.25, -0.2) is 14.4 Å². The number of carbonyl (C=O) groups excluding carboxylic acids is 1. The molecule has 0 spiro atoms. The first-order chi connectivity index (χ1) is 15.3. The van der Waals surface area contributed by atoms with E-state index in [1.54, 1.807) is 18.3 Å². The van der Waals surface area contributed by atoms with Crippen LogP contribution >= 0.6 is 0 Å². The third kappa shape index (κ3) is 4.79. The maximum Gasteiger partial charge on any atom is 0.417 e. The highest BCUT2D eigenvalue weighted by atomic mass is 19.4. The van der Waals surface area contributed by atoms with Gasteiger partial charge in [-0.1, -0.05) is 26.8 Å². The second-order valence-corrected chi connectivity index (χ2v) is 7.06. The highest BCUT2D eigenvalue weighted by Crippen LogP contribution is 2.34. The second-order valence-electron chi connectivity index (χ2n) is 7.06. The van der Waals surface area contributed by atoms with Crippen molar-refractivity contribution in [3.8, 4) is 11.4 Å². The summed E-state index contributed by atoms with van der Waals surface area (Å²) in [6, 6.07) is 9.33. The van der Waals surface area contributed by atoms with Gasteiger partial charge in [0.05, 0.1) is 23.4 Å². The number of rotatable bonds is 3. The van der Waals surface area contributed by atoms with E-state index in [0.717, 1.165) is 6.07 Å². The zero-order valence-corrected chi connectivity index (χ0v) is 18.0. The van der Waals surface area contributed by atoms with Crippen molar-refractivity contribution in [2.75, 3.05) is 0 Å². The molecule has 0 saturated carbocycles. The summed E-state index contributed by atoms with van der Waals surface area (Å²) in [5.41, 5.74) is 1.20. The van der Waals surface area contributed by atoms with Gasteiger partial charge in [0.25, 0.3) is 5.91 Å². The first-order valence-electron chi connectivity index (χ1n) is 10.4. The van der Waals surface area contributed by atoms with Crippen molar-refractivity contribution < 1.29 is 22.4 Å². The van der Waals surface area contributed by atoms with Crippen LogP contribution in [0.15, 0.2) is 48.7 Å². The molecule has 0 bridgehead atoms. The number of hydrogen-bond donors (Lipinski definition) is 0. The number of nitrogens with zero attached hydrogens (tertiary/aromatic N) is 3. The lowest BCUT2D eigenvalue weighted by molar-refractivity contribution is -0.138. The van der Waals surface area contributed by atoms with E-state index >= 15 is 0 Å². The summed E-state index contributed by atoms with van der Waals surface area (Å²) in [6.07, 6.45) is -2.55. The molecular formula is C24H23F4N3O. The first kappa shape index (κ1) is 23.4. The van der Waals surface area contributed by atoms with E-state index < -0.39 is 17.6 Å². The smallest absolute Gasteiger partial charge is 0.328 e. The molecule has 0 unspecified atom stereocenters. The van der Waals surface area contributed by atoms with Gasteiger partial charge in [0.2, 0.25) is 0 Å². The number of alkyl halides is 3. The molecule has 0 N–H and O–H groups in total. The van der Waals surface area contributed by atoms with Crippen LogP contribution in [-0.4, -0.2) is 20.8 Å². The van der Waals surface area contributed by atoms with E-state index in [2.05, 4.69) is 9.97 Å². The zero-order valence-electron chi connectivity index (χ0n) is 18.0. The Kier molecular flexibility index (Phi) is 6.91. The molecule has 168 valence electrons. The van der Waals surface area contributed by atoms with Gasteiger partial charge in [0.15, 0.2) is 5.82 Å². The molecule has 0 fully saturated rings. The lowest BCUT2D eigenvalue weighted by atomic mass is 10.0. The van der Waals surface area contributed by atoms with E-state index in [-0.39, 0.29) is 24.5 Å². The van der Waals surface area contributed by atoms with Crippen LogP contribution in [0.25, 0.3) is 11.4 Å². The molecule has 0 aliphatic carbocycles. The average molecular weight is 445 g/mol. The highest BCUT2D eigenvalue weighted by Gasteiger charge is 2.37. The Hall–Kier alpha value is -3.29. The van der Waals surface area contributed by atoms with Crippen molar-refractivity contribution in [2.45, 2.75) is 46.5 Å². The topological polar surface area (TPSA) is 46.1 Å². The number of halogens is 4. The summed E-state index contributed by atoms with van der Waals surface area (Å²) < 4.78 is 53.5. The minimum atomic E-state index is -4.63. The van der Waals surface area contributed by atoms with Crippen molar-refractivity contribution in [3.63, 3.8) is 0 Å². The van der Waals surface area contributed by atoms with Crippen LogP contribution in [0.5, 0.6) is 0 Å². The van der Waals surface area contributed by atoms with E-state index in [9.17, 15) is 22.4 Å². The second kappa shape index (κ2) is 9.46. The number of aromatic nitrogens is 2. The van der Waals surface area contributed by atoms with Gasteiger partial charge in [0, 0.05) is 23.9 Å². The number of fused-ring (bicyclic) bond motifs is 1. The standard InChI is InChI=1S/C22H17F4N3O.C2H6/c1-2-13-3-8-18(22(24,25)26)17(9-13)21(30)29-11-15-10-27-20(28-19(15)12-29)14-4-6-16(23)7-5-14;1-2/h3-10H,2,11-12H2,1H3;1-2H3. The van der Waals surface area contributed by atoms with Crippen molar-refractivity contribution in [1.82, 2.24) is 14.9 Å². The molecule has 0 atom stereocenters. The van der Waals surface area contributed by atoms with Crippen LogP contribution in [0.1, 0.15) is 53.5 Å². The fraction of sp³-hybridized carbons (Fsp3) is 0.292.